The van der Waals surface area contributed by atoms with Gasteiger partial charge in [-0.05, 0) is 18.2 Å². The Bertz CT molecular complexity index is 536. The Morgan fingerprint density at radius 2 is 1.94 bits per heavy atom. The number of hydrogen-bond donors (Lipinski definition) is 2. The molecule has 86 valence electrons. The van der Waals surface area contributed by atoms with Crippen LogP contribution in [-0.4, -0.2) is 26.6 Å². The normalized spacial score (nSPS) is 10.8. The Kier molecular flexibility index (Phi) is 3.28. The van der Waals surface area contributed by atoms with Gasteiger partial charge in [-0.3, -0.25) is 10.1 Å². The minimum Gasteiger partial charge on any atom is -0.351 e. The molecule has 0 spiro atoms. The topological polar surface area (TPSA) is 106 Å². The zero-order valence-electron chi connectivity index (χ0n) is 8.43. The predicted molar refractivity (Wildman–Crippen MR) is 56.6 cm³/mol. The maximum Gasteiger partial charge on any atom is 0.319 e. The Hall–Kier alpha value is -1.89. The number of carbonyl (C=O) groups is 2. The number of hydrogen-bond acceptors (Lipinski definition) is 4. The molecule has 0 aliphatic heterocycles. The molecule has 0 radical (unpaired) electrons. The van der Waals surface area contributed by atoms with Gasteiger partial charge in [-0.25, -0.2) is 13.2 Å². The summed E-state index contributed by atoms with van der Waals surface area (Å²) in [5.41, 5.74) is 4.82. The smallest absolute Gasteiger partial charge is 0.319 e. The molecule has 0 aliphatic rings. The lowest BCUT2D eigenvalue weighted by atomic mass is 10.2. The molecule has 1 rings (SSSR count). The van der Waals surface area contributed by atoms with Crippen LogP contribution in [0.15, 0.2) is 29.2 Å². The molecule has 0 fully saturated rings. The van der Waals surface area contributed by atoms with Gasteiger partial charge in [-0.1, -0.05) is 6.07 Å². The fourth-order valence-corrected chi connectivity index (χ4v) is 1.72. The minimum atomic E-state index is -3.38. The standard InChI is InChI=1S/C9H10N2O4S/c1-16(14,15)7-4-2-3-6(5-7)8(12)11-9(10)13/h2-5H,1H3,(H3,10,11,12,13). The highest BCUT2D eigenvalue weighted by Gasteiger charge is 2.12. The van der Waals surface area contributed by atoms with Gasteiger partial charge in [-0.2, -0.15) is 0 Å². The van der Waals surface area contributed by atoms with Gasteiger partial charge in [0.1, 0.15) is 0 Å². The van der Waals surface area contributed by atoms with Crippen molar-refractivity contribution in [3.8, 4) is 0 Å². The third-order valence-corrected chi connectivity index (χ3v) is 2.87. The molecule has 0 unspecified atom stereocenters. The van der Waals surface area contributed by atoms with E-state index in [-0.39, 0.29) is 10.5 Å². The van der Waals surface area contributed by atoms with E-state index in [4.69, 9.17) is 5.73 Å². The Morgan fingerprint density at radius 3 is 2.44 bits per heavy atom. The zero-order chi connectivity index (χ0) is 12.3. The monoisotopic (exact) mass is 242 g/mol. The van der Waals surface area contributed by atoms with Gasteiger partial charge < -0.3 is 5.73 Å². The van der Waals surface area contributed by atoms with Crippen LogP contribution in [0.25, 0.3) is 0 Å². The molecule has 0 saturated heterocycles. The fraction of sp³-hybridized carbons (Fsp3) is 0.111. The van der Waals surface area contributed by atoms with E-state index in [1.165, 1.54) is 24.3 Å². The molecule has 16 heavy (non-hydrogen) atoms. The number of urea groups is 1. The predicted octanol–water partition coefficient (Wildman–Crippen LogP) is -0.101. The maximum absolute atomic E-state index is 11.3. The van der Waals surface area contributed by atoms with Crippen molar-refractivity contribution in [1.29, 1.82) is 0 Å². The minimum absolute atomic E-state index is 0.00428. The van der Waals surface area contributed by atoms with Gasteiger partial charge in [-0.15, -0.1) is 0 Å². The molecule has 7 heteroatoms. The lowest BCUT2D eigenvalue weighted by molar-refractivity contribution is 0.0966. The van der Waals surface area contributed by atoms with Gasteiger partial charge in [0, 0.05) is 11.8 Å². The van der Waals surface area contributed by atoms with Crippen LogP contribution < -0.4 is 11.1 Å². The first kappa shape index (κ1) is 12.2. The Labute approximate surface area is 92.4 Å². The molecule has 3 amide bonds. The number of nitrogens with two attached hydrogens (primary N) is 1. The highest BCUT2D eigenvalue weighted by atomic mass is 32.2. The van der Waals surface area contributed by atoms with Crippen LogP contribution in [0, 0.1) is 0 Å². The largest absolute Gasteiger partial charge is 0.351 e. The molecule has 0 aromatic heterocycles. The number of nitrogens with one attached hydrogen (secondary N) is 1. The van der Waals surface area contributed by atoms with Crippen LogP contribution in [0.3, 0.4) is 0 Å². The maximum atomic E-state index is 11.3. The second kappa shape index (κ2) is 4.31. The summed E-state index contributed by atoms with van der Waals surface area (Å²) in [6, 6.07) is 4.33. The van der Waals surface area contributed by atoms with E-state index in [0.717, 1.165) is 6.26 Å². The first-order chi connectivity index (χ1) is 7.30. The lowest BCUT2D eigenvalue weighted by Gasteiger charge is -2.03. The lowest BCUT2D eigenvalue weighted by Crippen LogP contribution is -2.34. The van der Waals surface area contributed by atoms with Gasteiger partial charge in [0.2, 0.25) is 0 Å². The third-order valence-electron chi connectivity index (χ3n) is 1.76. The quantitative estimate of drug-likeness (QED) is 0.755. The van der Waals surface area contributed by atoms with Gasteiger partial charge in [0.15, 0.2) is 9.84 Å². The van der Waals surface area contributed by atoms with Crippen molar-refractivity contribution in [2.75, 3.05) is 6.26 Å². The van der Waals surface area contributed by atoms with E-state index in [1.54, 1.807) is 0 Å². The molecule has 3 N–H and O–H groups in total. The van der Waals surface area contributed by atoms with Gasteiger partial charge in [0.25, 0.3) is 5.91 Å². The van der Waals surface area contributed by atoms with Crippen molar-refractivity contribution >= 4 is 21.8 Å². The molecule has 0 atom stereocenters. The van der Waals surface area contributed by atoms with E-state index >= 15 is 0 Å². The molecule has 1 aromatic carbocycles. The van der Waals surface area contributed by atoms with Crippen molar-refractivity contribution in [2.24, 2.45) is 5.73 Å². The second-order valence-electron chi connectivity index (χ2n) is 3.12. The number of sulfone groups is 1. The van der Waals surface area contributed by atoms with E-state index in [2.05, 4.69) is 0 Å². The molecule has 0 aliphatic carbocycles. The van der Waals surface area contributed by atoms with Crippen LogP contribution in [0.2, 0.25) is 0 Å². The summed E-state index contributed by atoms with van der Waals surface area (Å²) in [5.74, 6) is -0.738. The number of carbonyl (C=O) groups excluding carboxylic acids is 2. The average molecular weight is 242 g/mol. The second-order valence-corrected chi connectivity index (χ2v) is 5.13. The number of primary amides is 1. The van der Waals surface area contributed by atoms with E-state index < -0.39 is 21.8 Å². The van der Waals surface area contributed by atoms with Crippen LogP contribution in [-0.2, 0) is 9.84 Å². The summed E-state index contributed by atoms with van der Waals surface area (Å²) in [4.78, 5) is 21.8. The fourth-order valence-electron chi connectivity index (χ4n) is 1.05. The molecular formula is C9H10N2O4S. The number of rotatable bonds is 2. The first-order valence-electron chi connectivity index (χ1n) is 4.21. The Morgan fingerprint density at radius 1 is 1.31 bits per heavy atom. The van der Waals surface area contributed by atoms with Crippen LogP contribution >= 0.6 is 0 Å². The van der Waals surface area contributed by atoms with Crippen molar-refractivity contribution in [3.05, 3.63) is 29.8 Å². The molecule has 0 saturated carbocycles. The van der Waals surface area contributed by atoms with Gasteiger partial charge >= 0.3 is 6.03 Å². The SMILES string of the molecule is CS(=O)(=O)c1cccc(C(=O)NC(N)=O)c1. The van der Waals surface area contributed by atoms with E-state index in [9.17, 15) is 18.0 Å². The molecular weight excluding hydrogens is 232 g/mol. The summed E-state index contributed by atoms with van der Waals surface area (Å²) >= 11 is 0. The molecule has 1 aromatic rings. The molecule has 0 bridgehead atoms. The zero-order valence-corrected chi connectivity index (χ0v) is 9.24. The summed E-state index contributed by atoms with van der Waals surface area (Å²) in [6.45, 7) is 0. The molecule has 0 heterocycles. The number of amides is 3. The summed E-state index contributed by atoms with van der Waals surface area (Å²) in [7, 11) is -3.38. The number of benzene rings is 1. The van der Waals surface area contributed by atoms with Crippen LogP contribution in [0.4, 0.5) is 4.79 Å². The van der Waals surface area contributed by atoms with Crippen molar-refractivity contribution in [3.63, 3.8) is 0 Å². The van der Waals surface area contributed by atoms with E-state index in [1.807, 2.05) is 5.32 Å². The Balaban J connectivity index is 3.09. The van der Waals surface area contributed by atoms with Crippen molar-refractivity contribution in [1.82, 2.24) is 5.32 Å². The van der Waals surface area contributed by atoms with Crippen molar-refractivity contribution in [2.45, 2.75) is 4.90 Å². The van der Waals surface area contributed by atoms with Crippen LogP contribution in [0.1, 0.15) is 10.4 Å². The third kappa shape index (κ3) is 3.06. The van der Waals surface area contributed by atoms with E-state index in [0.29, 0.717) is 0 Å². The summed E-state index contributed by atoms with van der Waals surface area (Å²) in [5, 5.41) is 1.84. The van der Waals surface area contributed by atoms with Crippen LogP contribution in [0.5, 0.6) is 0 Å². The average Bonchev–Trinajstić information content (AvgIpc) is 2.15. The first-order valence-corrected chi connectivity index (χ1v) is 6.11. The highest BCUT2D eigenvalue weighted by molar-refractivity contribution is 7.90. The number of imide groups is 1. The van der Waals surface area contributed by atoms with Gasteiger partial charge in [0.05, 0.1) is 4.90 Å². The summed E-state index contributed by atoms with van der Waals surface area (Å²) < 4.78 is 22.4. The summed E-state index contributed by atoms with van der Waals surface area (Å²) in [6.07, 6.45) is 1.03. The molecule has 6 nitrogen and oxygen atoms in total. The highest BCUT2D eigenvalue weighted by Crippen LogP contribution is 2.11. The van der Waals surface area contributed by atoms with Crippen molar-refractivity contribution < 1.29 is 18.0 Å².